The minimum absolute atomic E-state index is 0.131. The normalized spacial score (nSPS) is 11.6. The monoisotopic (exact) mass is 344 g/mol. The van der Waals surface area contributed by atoms with E-state index in [1.165, 1.54) is 0 Å². The van der Waals surface area contributed by atoms with Crippen LogP contribution >= 0.6 is 0 Å². The molecule has 1 atom stereocenters. The molecule has 0 unspecified atom stereocenters. The van der Waals surface area contributed by atoms with Crippen molar-refractivity contribution in [2.24, 2.45) is 0 Å². The highest BCUT2D eigenvalue weighted by Gasteiger charge is 2.14. The van der Waals surface area contributed by atoms with Crippen molar-refractivity contribution in [2.45, 2.75) is 26.2 Å². The van der Waals surface area contributed by atoms with Gasteiger partial charge in [-0.2, -0.15) is 0 Å². The van der Waals surface area contributed by atoms with Crippen molar-refractivity contribution >= 4 is 17.6 Å². The highest BCUT2D eigenvalue weighted by Crippen LogP contribution is 2.26. The Labute approximate surface area is 144 Å². The Morgan fingerprint density at radius 1 is 1.28 bits per heavy atom. The molecule has 7 nitrogen and oxygen atoms in total. The van der Waals surface area contributed by atoms with E-state index in [1.54, 1.807) is 6.07 Å². The van der Waals surface area contributed by atoms with Crippen LogP contribution in [0.3, 0.4) is 0 Å². The number of nitrogens with one attached hydrogen (secondary N) is 2. The van der Waals surface area contributed by atoms with Crippen LogP contribution in [-0.2, 0) is 9.53 Å². The third-order valence-electron chi connectivity index (χ3n) is 3.78. The second kappa shape index (κ2) is 8.14. The molecule has 25 heavy (non-hydrogen) atoms. The van der Waals surface area contributed by atoms with Crippen molar-refractivity contribution in [1.29, 1.82) is 0 Å². The summed E-state index contributed by atoms with van der Waals surface area (Å²) in [4.78, 5) is 37.2. The zero-order valence-corrected chi connectivity index (χ0v) is 14.0. The van der Waals surface area contributed by atoms with Gasteiger partial charge in [-0.15, -0.1) is 0 Å². The number of carbonyl (C=O) groups is 2. The number of para-hydroxylation sites is 1. The number of H-pyrrole nitrogens is 1. The van der Waals surface area contributed by atoms with Gasteiger partial charge in [0.25, 0.3) is 11.5 Å². The van der Waals surface area contributed by atoms with E-state index in [2.05, 4.69) is 24.1 Å². The number of esters is 1. The first-order chi connectivity index (χ1) is 11.9. The lowest BCUT2D eigenvalue weighted by Gasteiger charge is -2.15. The van der Waals surface area contributed by atoms with Crippen molar-refractivity contribution in [3.05, 3.63) is 57.9 Å². The molecule has 2 rings (SSSR count). The number of carbonyl (C=O) groups excluding carboxylic acids is 2. The predicted molar refractivity (Wildman–Crippen MR) is 92.8 cm³/mol. The Morgan fingerprint density at radius 2 is 2.00 bits per heavy atom. The van der Waals surface area contributed by atoms with Crippen molar-refractivity contribution in [1.82, 2.24) is 4.98 Å². The largest absolute Gasteiger partial charge is 0.494 e. The summed E-state index contributed by atoms with van der Waals surface area (Å²) in [7, 11) is 0. The maximum Gasteiger partial charge on any atom is 0.339 e. The van der Waals surface area contributed by atoms with Gasteiger partial charge in [-0.25, -0.2) is 4.79 Å². The van der Waals surface area contributed by atoms with Crippen LogP contribution in [0.2, 0.25) is 0 Å². The van der Waals surface area contributed by atoms with Gasteiger partial charge >= 0.3 is 5.97 Å². The number of amides is 1. The predicted octanol–water partition coefficient (Wildman–Crippen LogP) is 2.39. The summed E-state index contributed by atoms with van der Waals surface area (Å²) in [6.07, 6.45) is 0.925. The maximum atomic E-state index is 12.0. The van der Waals surface area contributed by atoms with Gasteiger partial charge < -0.3 is 15.2 Å². The molecule has 0 aliphatic rings. The van der Waals surface area contributed by atoms with Gasteiger partial charge in [-0.3, -0.25) is 14.6 Å². The van der Waals surface area contributed by atoms with Gasteiger partial charge in [-0.1, -0.05) is 32.0 Å². The Bertz CT molecular complexity index is 828. The van der Waals surface area contributed by atoms with Crippen molar-refractivity contribution in [3.8, 4) is 5.88 Å². The molecule has 0 radical (unpaired) electrons. The number of hydrogen-bond donors (Lipinski definition) is 3. The van der Waals surface area contributed by atoms with E-state index in [0.717, 1.165) is 24.1 Å². The fourth-order valence-electron chi connectivity index (χ4n) is 2.31. The molecule has 0 aliphatic carbocycles. The molecule has 0 saturated carbocycles. The maximum absolute atomic E-state index is 12.0. The van der Waals surface area contributed by atoms with E-state index in [1.807, 2.05) is 18.2 Å². The van der Waals surface area contributed by atoms with Crippen molar-refractivity contribution in [3.63, 3.8) is 0 Å². The van der Waals surface area contributed by atoms with Crippen LogP contribution in [0.15, 0.2) is 41.2 Å². The number of aromatic hydroxyl groups is 1. The first-order valence-electron chi connectivity index (χ1n) is 7.90. The number of benzene rings is 1. The summed E-state index contributed by atoms with van der Waals surface area (Å²) in [6.45, 7) is 3.62. The fraction of sp³-hybridized carbons (Fsp3) is 0.278. The van der Waals surface area contributed by atoms with E-state index in [-0.39, 0.29) is 11.5 Å². The van der Waals surface area contributed by atoms with E-state index in [0.29, 0.717) is 5.69 Å². The first-order valence-corrected chi connectivity index (χ1v) is 7.90. The zero-order valence-electron chi connectivity index (χ0n) is 14.0. The molecular formula is C18H20N2O5. The summed E-state index contributed by atoms with van der Waals surface area (Å²) < 4.78 is 4.88. The Balaban J connectivity index is 1.99. The minimum Gasteiger partial charge on any atom is -0.494 e. The Morgan fingerprint density at radius 3 is 2.68 bits per heavy atom. The summed E-state index contributed by atoms with van der Waals surface area (Å²) in [6, 6.07) is 9.48. The van der Waals surface area contributed by atoms with E-state index >= 15 is 0 Å². The molecule has 2 aromatic rings. The lowest BCUT2D eigenvalue weighted by atomic mass is 9.97. The minimum atomic E-state index is -0.869. The van der Waals surface area contributed by atoms with E-state index in [4.69, 9.17) is 4.74 Å². The lowest BCUT2D eigenvalue weighted by Crippen LogP contribution is -2.22. The number of ether oxygens (including phenoxy) is 1. The average molecular weight is 344 g/mol. The van der Waals surface area contributed by atoms with Gasteiger partial charge in [0, 0.05) is 17.8 Å². The average Bonchev–Trinajstić information content (AvgIpc) is 2.58. The van der Waals surface area contributed by atoms with Crippen LogP contribution in [0.25, 0.3) is 0 Å². The van der Waals surface area contributed by atoms with Gasteiger partial charge in [0.15, 0.2) is 12.5 Å². The van der Waals surface area contributed by atoms with Crippen LogP contribution in [0.1, 0.15) is 42.1 Å². The van der Waals surface area contributed by atoms with Crippen LogP contribution in [0.4, 0.5) is 5.69 Å². The molecule has 132 valence electrons. The molecule has 1 aromatic carbocycles. The number of hydrogen-bond acceptors (Lipinski definition) is 5. The highest BCUT2D eigenvalue weighted by molar-refractivity contribution is 5.96. The van der Waals surface area contributed by atoms with Crippen LogP contribution in [0.5, 0.6) is 5.88 Å². The lowest BCUT2D eigenvalue weighted by molar-refractivity contribution is -0.119. The third kappa shape index (κ3) is 4.94. The third-order valence-corrected chi connectivity index (χ3v) is 3.78. The number of rotatable bonds is 6. The fourth-order valence-corrected chi connectivity index (χ4v) is 2.31. The second-order valence-electron chi connectivity index (χ2n) is 5.64. The smallest absolute Gasteiger partial charge is 0.339 e. The van der Waals surface area contributed by atoms with Gasteiger partial charge in [-0.05, 0) is 24.0 Å². The van der Waals surface area contributed by atoms with Crippen LogP contribution < -0.4 is 10.9 Å². The molecule has 0 saturated heterocycles. The van der Waals surface area contributed by atoms with E-state index < -0.39 is 29.9 Å². The van der Waals surface area contributed by atoms with Crippen LogP contribution in [0, 0.1) is 0 Å². The molecule has 0 bridgehead atoms. The van der Waals surface area contributed by atoms with Gasteiger partial charge in [0.1, 0.15) is 0 Å². The summed E-state index contributed by atoms with van der Waals surface area (Å²) >= 11 is 0. The van der Waals surface area contributed by atoms with Gasteiger partial charge in [0.2, 0.25) is 0 Å². The molecule has 0 aliphatic heterocycles. The van der Waals surface area contributed by atoms with Crippen molar-refractivity contribution in [2.75, 3.05) is 11.9 Å². The first kappa shape index (κ1) is 18.3. The summed E-state index contributed by atoms with van der Waals surface area (Å²) in [5.41, 5.74) is 0.906. The summed E-state index contributed by atoms with van der Waals surface area (Å²) in [5, 5.41) is 12.0. The number of pyridine rings is 1. The zero-order chi connectivity index (χ0) is 18.4. The topological polar surface area (TPSA) is 108 Å². The molecule has 1 aromatic heterocycles. The molecular weight excluding hydrogens is 324 g/mol. The molecule has 0 fully saturated rings. The molecule has 1 amide bonds. The van der Waals surface area contributed by atoms with Crippen LogP contribution in [-0.4, -0.2) is 28.6 Å². The SMILES string of the molecule is CC[C@H](C)c1ccccc1NC(=O)COC(=O)c1cc(O)[nH]c(=O)c1. The molecule has 7 heteroatoms. The Hall–Kier alpha value is -3.09. The molecule has 0 spiro atoms. The standard InChI is InChI=1S/C18H20N2O5/c1-3-11(2)13-6-4-5-7-14(13)19-17(23)10-25-18(24)12-8-15(21)20-16(22)9-12/h4-9,11H,3,10H2,1-2H3,(H,19,23)(H2,20,21,22)/t11-/m0/s1. The second-order valence-corrected chi connectivity index (χ2v) is 5.64. The van der Waals surface area contributed by atoms with E-state index in [9.17, 15) is 19.5 Å². The highest BCUT2D eigenvalue weighted by atomic mass is 16.5. The number of aromatic amines is 1. The Kier molecular flexibility index (Phi) is 5.94. The number of anilines is 1. The molecule has 1 heterocycles. The van der Waals surface area contributed by atoms with Crippen molar-refractivity contribution < 1.29 is 19.4 Å². The molecule has 3 N–H and O–H groups in total. The summed E-state index contributed by atoms with van der Waals surface area (Å²) in [5.74, 6) is -1.53. The quantitative estimate of drug-likeness (QED) is 0.697. The number of aromatic nitrogens is 1. The van der Waals surface area contributed by atoms with Gasteiger partial charge in [0.05, 0.1) is 5.56 Å².